The summed E-state index contributed by atoms with van der Waals surface area (Å²) in [6, 6.07) is 14.2. The summed E-state index contributed by atoms with van der Waals surface area (Å²) in [4.78, 5) is 28.1. The summed E-state index contributed by atoms with van der Waals surface area (Å²) in [5.74, 6) is -0.360. The van der Waals surface area contributed by atoms with Gasteiger partial charge in [0, 0.05) is 11.9 Å². The smallest absolute Gasteiger partial charge is 0.222 e. The predicted octanol–water partition coefficient (Wildman–Crippen LogP) is 3.37. The van der Waals surface area contributed by atoms with Crippen molar-refractivity contribution in [2.24, 2.45) is 0 Å². The standard InChI is InChI=1S/C21H22ClN5O2/c1-14(16-5-9-19(10-6-16)27-13-23-12-24-27)25-21(29)11-20(26-15(2)28)17-3-7-18(22)8-4-17/h3-10,12-14,20H,11H2,1-2H3,(H,25,29)(H,26,28). The summed E-state index contributed by atoms with van der Waals surface area (Å²) in [7, 11) is 0. The first-order chi connectivity index (χ1) is 13.9. The van der Waals surface area contributed by atoms with Crippen molar-refractivity contribution in [1.82, 2.24) is 25.4 Å². The van der Waals surface area contributed by atoms with E-state index in [0.717, 1.165) is 16.8 Å². The molecule has 2 atom stereocenters. The molecule has 2 amide bonds. The molecule has 150 valence electrons. The number of aromatic nitrogens is 3. The second kappa shape index (κ2) is 9.34. The van der Waals surface area contributed by atoms with Crippen LogP contribution in [-0.2, 0) is 9.59 Å². The third-order valence-corrected chi connectivity index (χ3v) is 4.75. The minimum absolute atomic E-state index is 0.128. The van der Waals surface area contributed by atoms with Gasteiger partial charge in [-0.2, -0.15) is 5.10 Å². The molecule has 0 bridgehead atoms. The normalized spacial score (nSPS) is 12.8. The molecule has 1 aromatic heterocycles. The van der Waals surface area contributed by atoms with Crippen LogP contribution in [0, 0.1) is 0 Å². The molecular formula is C21H22ClN5O2. The number of hydrogen-bond acceptors (Lipinski definition) is 4. The Kier molecular flexibility index (Phi) is 6.61. The number of carbonyl (C=O) groups is 2. The van der Waals surface area contributed by atoms with Crippen molar-refractivity contribution in [2.75, 3.05) is 0 Å². The molecule has 3 rings (SSSR count). The van der Waals surface area contributed by atoms with Crippen molar-refractivity contribution in [2.45, 2.75) is 32.4 Å². The van der Waals surface area contributed by atoms with Crippen LogP contribution in [0.3, 0.4) is 0 Å². The molecule has 7 nitrogen and oxygen atoms in total. The number of nitrogens with zero attached hydrogens (tertiary/aromatic N) is 3. The number of halogens is 1. The fourth-order valence-corrected chi connectivity index (χ4v) is 3.15. The summed E-state index contributed by atoms with van der Waals surface area (Å²) < 4.78 is 1.66. The number of rotatable bonds is 7. The van der Waals surface area contributed by atoms with E-state index in [0.29, 0.717) is 5.02 Å². The van der Waals surface area contributed by atoms with E-state index < -0.39 is 6.04 Å². The van der Waals surface area contributed by atoms with Crippen LogP contribution in [-0.4, -0.2) is 26.6 Å². The Morgan fingerprint density at radius 1 is 1.03 bits per heavy atom. The molecule has 0 aliphatic carbocycles. The lowest BCUT2D eigenvalue weighted by Gasteiger charge is -2.20. The summed E-state index contributed by atoms with van der Waals surface area (Å²) in [6.07, 6.45) is 3.23. The summed E-state index contributed by atoms with van der Waals surface area (Å²) >= 11 is 5.93. The van der Waals surface area contributed by atoms with Crippen molar-refractivity contribution in [3.63, 3.8) is 0 Å². The van der Waals surface area contributed by atoms with Crippen LogP contribution < -0.4 is 10.6 Å². The SMILES string of the molecule is CC(=O)NC(CC(=O)NC(C)c1ccc(-n2cncn2)cc1)c1ccc(Cl)cc1. The topological polar surface area (TPSA) is 88.9 Å². The zero-order valence-corrected chi connectivity index (χ0v) is 16.9. The van der Waals surface area contributed by atoms with Crippen molar-refractivity contribution in [1.29, 1.82) is 0 Å². The molecule has 29 heavy (non-hydrogen) atoms. The van der Waals surface area contributed by atoms with E-state index in [1.54, 1.807) is 23.1 Å². The van der Waals surface area contributed by atoms with Gasteiger partial charge in [-0.1, -0.05) is 35.9 Å². The van der Waals surface area contributed by atoms with Gasteiger partial charge in [0.1, 0.15) is 12.7 Å². The second-order valence-electron chi connectivity index (χ2n) is 6.73. The number of nitrogens with one attached hydrogen (secondary N) is 2. The summed E-state index contributed by atoms with van der Waals surface area (Å²) in [5, 5.41) is 10.5. The van der Waals surface area contributed by atoms with E-state index in [4.69, 9.17) is 11.6 Å². The van der Waals surface area contributed by atoms with Gasteiger partial charge in [0.05, 0.1) is 24.2 Å². The molecule has 0 aliphatic rings. The lowest BCUT2D eigenvalue weighted by atomic mass is 10.0. The van der Waals surface area contributed by atoms with Crippen LogP contribution in [0.15, 0.2) is 61.2 Å². The highest BCUT2D eigenvalue weighted by atomic mass is 35.5. The summed E-state index contributed by atoms with van der Waals surface area (Å²) in [6.45, 7) is 3.35. The highest BCUT2D eigenvalue weighted by Crippen LogP contribution is 2.21. The Morgan fingerprint density at radius 3 is 2.28 bits per heavy atom. The monoisotopic (exact) mass is 411 g/mol. The van der Waals surface area contributed by atoms with Gasteiger partial charge in [-0.25, -0.2) is 9.67 Å². The third kappa shape index (κ3) is 5.65. The van der Waals surface area contributed by atoms with Crippen molar-refractivity contribution in [3.8, 4) is 5.69 Å². The van der Waals surface area contributed by atoms with E-state index in [2.05, 4.69) is 20.7 Å². The fraction of sp³-hybridized carbons (Fsp3) is 0.238. The first-order valence-corrected chi connectivity index (χ1v) is 9.57. The largest absolute Gasteiger partial charge is 0.350 e. The van der Waals surface area contributed by atoms with Crippen molar-refractivity contribution in [3.05, 3.63) is 77.3 Å². The van der Waals surface area contributed by atoms with E-state index in [9.17, 15) is 9.59 Å². The molecule has 0 saturated carbocycles. The Bertz CT molecular complexity index is 956. The molecule has 0 radical (unpaired) electrons. The second-order valence-corrected chi connectivity index (χ2v) is 7.17. The molecule has 2 unspecified atom stereocenters. The zero-order valence-electron chi connectivity index (χ0n) is 16.2. The fourth-order valence-electron chi connectivity index (χ4n) is 3.02. The number of benzene rings is 2. The average molecular weight is 412 g/mol. The Labute approximate surface area is 174 Å². The van der Waals surface area contributed by atoms with Gasteiger partial charge < -0.3 is 10.6 Å². The number of carbonyl (C=O) groups excluding carboxylic acids is 2. The van der Waals surface area contributed by atoms with Crippen molar-refractivity contribution < 1.29 is 9.59 Å². The molecule has 3 aromatic rings. The third-order valence-electron chi connectivity index (χ3n) is 4.49. The van der Waals surface area contributed by atoms with Gasteiger partial charge in [-0.15, -0.1) is 0 Å². The Balaban J connectivity index is 1.64. The highest BCUT2D eigenvalue weighted by Gasteiger charge is 2.19. The van der Waals surface area contributed by atoms with E-state index in [1.807, 2.05) is 43.3 Å². The van der Waals surface area contributed by atoms with Gasteiger partial charge >= 0.3 is 0 Å². The first-order valence-electron chi connectivity index (χ1n) is 9.19. The molecule has 1 heterocycles. The Morgan fingerprint density at radius 2 is 1.69 bits per heavy atom. The molecule has 8 heteroatoms. The maximum atomic E-state index is 12.6. The maximum Gasteiger partial charge on any atom is 0.222 e. The molecule has 0 aliphatic heterocycles. The van der Waals surface area contributed by atoms with Crippen LogP contribution in [0.1, 0.15) is 43.5 Å². The lowest BCUT2D eigenvalue weighted by molar-refractivity contribution is -0.123. The van der Waals surface area contributed by atoms with E-state index in [-0.39, 0.29) is 24.3 Å². The van der Waals surface area contributed by atoms with Crippen molar-refractivity contribution >= 4 is 23.4 Å². The lowest BCUT2D eigenvalue weighted by Crippen LogP contribution is -2.33. The minimum atomic E-state index is -0.424. The van der Waals surface area contributed by atoms with E-state index in [1.165, 1.54) is 13.3 Å². The molecule has 0 fully saturated rings. The van der Waals surface area contributed by atoms with Gasteiger partial charge in [-0.3, -0.25) is 9.59 Å². The van der Waals surface area contributed by atoms with Crippen LogP contribution in [0.4, 0.5) is 0 Å². The van der Waals surface area contributed by atoms with Gasteiger partial charge in [0.15, 0.2) is 0 Å². The van der Waals surface area contributed by atoms with Crippen LogP contribution >= 0.6 is 11.6 Å². The van der Waals surface area contributed by atoms with E-state index >= 15 is 0 Å². The van der Waals surface area contributed by atoms with Crippen LogP contribution in [0.2, 0.25) is 5.02 Å². The average Bonchev–Trinajstić information content (AvgIpc) is 3.22. The van der Waals surface area contributed by atoms with Crippen LogP contribution in [0.5, 0.6) is 0 Å². The predicted molar refractivity (Wildman–Crippen MR) is 111 cm³/mol. The van der Waals surface area contributed by atoms with Crippen LogP contribution in [0.25, 0.3) is 5.69 Å². The molecule has 2 aromatic carbocycles. The summed E-state index contributed by atoms with van der Waals surface area (Å²) in [5.41, 5.74) is 2.67. The van der Waals surface area contributed by atoms with Gasteiger partial charge in [-0.05, 0) is 42.3 Å². The minimum Gasteiger partial charge on any atom is -0.350 e. The first kappa shape index (κ1) is 20.5. The number of amides is 2. The molecular weight excluding hydrogens is 390 g/mol. The number of hydrogen-bond donors (Lipinski definition) is 2. The quantitative estimate of drug-likeness (QED) is 0.623. The molecule has 2 N–H and O–H groups in total. The zero-order chi connectivity index (χ0) is 20.8. The molecule has 0 saturated heterocycles. The van der Waals surface area contributed by atoms with Gasteiger partial charge in [0.2, 0.25) is 11.8 Å². The molecule has 0 spiro atoms. The Hall–Kier alpha value is -3.19. The highest BCUT2D eigenvalue weighted by molar-refractivity contribution is 6.30. The maximum absolute atomic E-state index is 12.6. The van der Waals surface area contributed by atoms with Gasteiger partial charge in [0.25, 0.3) is 0 Å².